The number of halogens is 2. The Morgan fingerprint density at radius 2 is 1.56 bits per heavy atom. The van der Waals surface area contributed by atoms with E-state index in [0.29, 0.717) is 5.82 Å². The minimum absolute atomic E-state index is 0. The third kappa shape index (κ3) is 4.02. The highest BCUT2D eigenvalue weighted by Gasteiger charge is 2.23. The van der Waals surface area contributed by atoms with Crippen molar-refractivity contribution in [1.82, 2.24) is 15.0 Å². The van der Waals surface area contributed by atoms with Gasteiger partial charge in [-0.3, -0.25) is 0 Å². The summed E-state index contributed by atoms with van der Waals surface area (Å²) in [6, 6.07) is 25.6. The molecular formula is C20H16BrClN4O. The van der Waals surface area contributed by atoms with Gasteiger partial charge in [0.15, 0.2) is 5.69 Å². The van der Waals surface area contributed by atoms with Crippen molar-refractivity contribution in [2.75, 3.05) is 7.11 Å². The number of benzene rings is 3. The van der Waals surface area contributed by atoms with Crippen LogP contribution in [-0.2, 0) is 0 Å². The third-order valence-electron chi connectivity index (χ3n) is 3.95. The topological polar surface area (TPSA) is 43.8 Å². The van der Waals surface area contributed by atoms with E-state index in [-0.39, 0.29) is 12.4 Å². The van der Waals surface area contributed by atoms with Crippen LogP contribution in [0.4, 0.5) is 0 Å². The summed E-state index contributed by atoms with van der Waals surface area (Å²) in [6.07, 6.45) is 0. The number of aromatic nitrogens is 4. The summed E-state index contributed by atoms with van der Waals surface area (Å²) >= 11 is 3.47. The number of ether oxygens (including phenoxy) is 1. The van der Waals surface area contributed by atoms with Crippen LogP contribution >= 0.6 is 15.9 Å². The molecule has 0 spiro atoms. The van der Waals surface area contributed by atoms with Crippen LogP contribution in [-0.4, -0.2) is 22.1 Å². The molecule has 4 aromatic rings. The Morgan fingerprint density at radius 3 is 2.19 bits per heavy atom. The summed E-state index contributed by atoms with van der Waals surface area (Å²) in [7, 11) is 1.65. The molecule has 27 heavy (non-hydrogen) atoms. The summed E-state index contributed by atoms with van der Waals surface area (Å²) in [5.41, 5.74) is 2.78. The van der Waals surface area contributed by atoms with Crippen molar-refractivity contribution in [1.29, 1.82) is 0 Å². The molecule has 136 valence electrons. The molecule has 0 aliphatic heterocycles. The van der Waals surface area contributed by atoms with Gasteiger partial charge in [0.25, 0.3) is 0 Å². The number of hydrogen-bond donors (Lipinski definition) is 0. The second-order valence-corrected chi connectivity index (χ2v) is 6.56. The average molecular weight is 444 g/mol. The predicted octanol–water partition coefficient (Wildman–Crippen LogP) is 0.986. The highest BCUT2D eigenvalue weighted by atomic mass is 79.9. The molecule has 0 aliphatic carbocycles. The van der Waals surface area contributed by atoms with Crippen LogP contribution in [0.15, 0.2) is 83.3 Å². The molecule has 0 fully saturated rings. The number of para-hydroxylation sites is 1. The molecule has 0 N–H and O–H groups in total. The first kappa shape index (κ1) is 19.1. The molecule has 0 amide bonds. The van der Waals surface area contributed by atoms with Crippen molar-refractivity contribution >= 4 is 15.9 Å². The van der Waals surface area contributed by atoms with Crippen LogP contribution in [0.1, 0.15) is 0 Å². The molecule has 0 atom stereocenters. The first-order valence-corrected chi connectivity index (χ1v) is 8.89. The van der Waals surface area contributed by atoms with Crippen molar-refractivity contribution < 1.29 is 21.9 Å². The molecule has 5 nitrogen and oxygen atoms in total. The van der Waals surface area contributed by atoms with Crippen molar-refractivity contribution in [3.63, 3.8) is 0 Å². The molecule has 7 heteroatoms. The van der Waals surface area contributed by atoms with Gasteiger partial charge >= 0.3 is 5.82 Å². The molecule has 0 bridgehead atoms. The van der Waals surface area contributed by atoms with Crippen LogP contribution in [0.2, 0.25) is 0 Å². The van der Waals surface area contributed by atoms with Gasteiger partial charge < -0.3 is 17.1 Å². The highest BCUT2D eigenvalue weighted by Crippen LogP contribution is 2.19. The maximum Gasteiger partial charge on any atom is 0.340 e. The predicted molar refractivity (Wildman–Crippen MR) is 103 cm³/mol. The fourth-order valence-corrected chi connectivity index (χ4v) is 2.87. The second-order valence-electron chi connectivity index (χ2n) is 5.64. The SMILES string of the molecule is COc1ccc(-c2nn(-c3ccccc3)[n+](-c3ccc(Br)cc3)n2)cc1.[Cl-]. The lowest BCUT2D eigenvalue weighted by atomic mass is 10.2. The smallest absolute Gasteiger partial charge is 0.340 e. The Labute approximate surface area is 171 Å². The summed E-state index contributed by atoms with van der Waals surface area (Å²) in [5.74, 6) is 1.44. The maximum atomic E-state index is 5.23. The molecule has 4 rings (SSSR count). The van der Waals surface area contributed by atoms with Gasteiger partial charge in [0.2, 0.25) is 0 Å². The molecule has 0 unspecified atom stereocenters. The molecule has 0 saturated heterocycles. The Morgan fingerprint density at radius 1 is 0.889 bits per heavy atom. The quantitative estimate of drug-likeness (QED) is 0.442. The van der Waals surface area contributed by atoms with E-state index in [4.69, 9.17) is 14.9 Å². The standard InChI is InChI=1S/C20H16BrN4O.ClH/c1-26-19-13-7-15(8-14-19)20-22-24(17-5-3-2-4-6-17)25(23-20)18-11-9-16(21)10-12-18;/h2-14H,1H3;1H/q+1;/p-1. The Hall–Kier alpha value is -2.70. The Bertz CT molecular complexity index is 1020. The summed E-state index contributed by atoms with van der Waals surface area (Å²) in [4.78, 5) is 3.59. The fourth-order valence-electron chi connectivity index (χ4n) is 2.61. The minimum atomic E-state index is 0. The average Bonchev–Trinajstić information content (AvgIpc) is 3.15. The zero-order chi connectivity index (χ0) is 17.9. The van der Waals surface area contributed by atoms with Crippen molar-refractivity contribution in [2.24, 2.45) is 0 Å². The largest absolute Gasteiger partial charge is 1.00 e. The van der Waals surface area contributed by atoms with Gasteiger partial charge in [-0.15, -0.1) is 0 Å². The van der Waals surface area contributed by atoms with E-state index in [2.05, 4.69) is 15.9 Å². The first-order chi connectivity index (χ1) is 12.7. The van der Waals surface area contributed by atoms with E-state index in [1.54, 1.807) is 16.7 Å². The van der Waals surface area contributed by atoms with Gasteiger partial charge in [0, 0.05) is 9.27 Å². The summed E-state index contributed by atoms with van der Waals surface area (Å²) in [6.45, 7) is 0. The highest BCUT2D eigenvalue weighted by molar-refractivity contribution is 9.10. The van der Waals surface area contributed by atoms with Gasteiger partial charge in [-0.1, -0.05) is 34.1 Å². The van der Waals surface area contributed by atoms with E-state index in [9.17, 15) is 0 Å². The maximum absolute atomic E-state index is 5.23. The fraction of sp³-hybridized carbons (Fsp3) is 0.0500. The van der Waals surface area contributed by atoms with E-state index in [1.165, 1.54) is 0 Å². The van der Waals surface area contributed by atoms with Crippen molar-refractivity contribution in [3.8, 4) is 28.5 Å². The van der Waals surface area contributed by atoms with Gasteiger partial charge in [0.1, 0.15) is 11.4 Å². The zero-order valence-corrected chi connectivity index (χ0v) is 16.8. The molecule has 1 aromatic heterocycles. The second kappa shape index (κ2) is 8.33. The monoisotopic (exact) mass is 442 g/mol. The Kier molecular flexibility index (Phi) is 5.88. The lowest BCUT2D eigenvalue weighted by molar-refractivity contribution is -0.734. The molecule has 0 aliphatic rings. The van der Waals surface area contributed by atoms with Crippen LogP contribution in [0, 0.1) is 0 Å². The molecule has 3 aromatic carbocycles. The van der Waals surface area contributed by atoms with Crippen LogP contribution in [0.3, 0.4) is 0 Å². The van der Waals surface area contributed by atoms with Gasteiger partial charge in [-0.25, -0.2) is 0 Å². The van der Waals surface area contributed by atoms with Crippen molar-refractivity contribution in [2.45, 2.75) is 0 Å². The van der Waals surface area contributed by atoms with E-state index >= 15 is 0 Å². The molecule has 0 radical (unpaired) electrons. The molecule has 0 saturated carbocycles. The lowest BCUT2D eigenvalue weighted by Gasteiger charge is -1.99. The number of rotatable bonds is 4. The number of nitrogens with zero attached hydrogens (tertiary/aromatic N) is 4. The van der Waals surface area contributed by atoms with Crippen LogP contribution in [0.5, 0.6) is 5.75 Å². The van der Waals surface area contributed by atoms with Gasteiger partial charge in [-0.05, 0) is 70.6 Å². The van der Waals surface area contributed by atoms with E-state index in [0.717, 1.165) is 27.2 Å². The van der Waals surface area contributed by atoms with Crippen LogP contribution in [0.25, 0.3) is 22.8 Å². The molecule has 1 heterocycles. The normalized spacial score (nSPS) is 10.3. The minimum Gasteiger partial charge on any atom is -1.00 e. The number of tetrazole rings is 1. The lowest BCUT2D eigenvalue weighted by Crippen LogP contribution is -3.00. The summed E-state index contributed by atoms with van der Waals surface area (Å²) in [5, 5.41) is 9.45. The summed E-state index contributed by atoms with van der Waals surface area (Å²) < 4.78 is 6.24. The number of methoxy groups -OCH3 is 1. The van der Waals surface area contributed by atoms with Crippen molar-refractivity contribution in [3.05, 3.63) is 83.3 Å². The van der Waals surface area contributed by atoms with Gasteiger partial charge in [-0.2, -0.15) is 0 Å². The van der Waals surface area contributed by atoms with E-state index in [1.807, 2.05) is 78.9 Å². The number of hydrogen-bond acceptors (Lipinski definition) is 3. The third-order valence-corrected chi connectivity index (χ3v) is 4.48. The van der Waals surface area contributed by atoms with Crippen LogP contribution < -0.4 is 21.9 Å². The Balaban J connectivity index is 0.00000210. The van der Waals surface area contributed by atoms with E-state index < -0.39 is 0 Å². The molecular weight excluding hydrogens is 428 g/mol. The first-order valence-electron chi connectivity index (χ1n) is 8.10. The zero-order valence-electron chi connectivity index (χ0n) is 14.5. The van der Waals surface area contributed by atoms with Gasteiger partial charge in [0.05, 0.1) is 17.8 Å².